The van der Waals surface area contributed by atoms with Crippen molar-refractivity contribution in [1.82, 2.24) is 9.78 Å². The molecule has 1 N–H and O–H groups in total. The molecule has 1 aliphatic heterocycles. The summed E-state index contributed by atoms with van der Waals surface area (Å²) in [6.45, 7) is 0.492. The molecule has 0 saturated heterocycles. The first-order valence-corrected chi connectivity index (χ1v) is 7.52. The van der Waals surface area contributed by atoms with Crippen LogP contribution in [-0.2, 0) is 16.6 Å². The molecule has 1 aromatic heterocycles. The molecule has 0 radical (unpaired) electrons. The zero-order valence-electron chi connectivity index (χ0n) is 8.37. The van der Waals surface area contributed by atoms with Crippen molar-refractivity contribution in [2.75, 3.05) is 11.0 Å². The molecule has 0 bridgehead atoms. The lowest BCUT2D eigenvalue weighted by atomic mass is 10.3. The summed E-state index contributed by atoms with van der Waals surface area (Å²) in [5.74, 6) is 0.471. The van der Waals surface area contributed by atoms with Crippen LogP contribution in [0, 0.1) is 8.34 Å². The minimum absolute atomic E-state index is 0.0403. The Bertz CT molecular complexity index is 482. The second-order valence-corrected chi connectivity index (χ2v) is 5.60. The molecule has 8 heteroatoms. The van der Waals surface area contributed by atoms with Gasteiger partial charge in [0.2, 0.25) is 0 Å². The van der Waals surface area contributed by atoms with Crippen molar-refractivity contribution in [2.45, 2.75) is 6.10 Å². The molecule has 2 rings (SSSR count). The second-order valence-electron chi connectivity index (χ2n) is 3.25. The van der Waals surface area contributed by atoms with E-state index in [2.05, 4.69) is 55.4 Å². The van der Waals surface area contributed by atoms with E-state index in [1.165, 1.54) is 0 Å². The maximum atomic E-state index is 5.71. The molecule has 0 amide bonds. The van der Waals surface area contributed by atoms with Gasteiger partial charge in [-0.15, -0.1) is 0 Å². The molecular formula is C8H9I2N3O2S. The summed E-state index contributed by atoms with van der Waals surface area (Å²) in [7, 11) is 1.86. The predicted molar refractivity (Wildman–Crippen MR) is 79.6 cm³/mol. The molecule has 1 aromatic rings. The zero-order valence-corrected chi connectivity index (χ0v) is 13.5. The Kier molecular flexibility index (Phi) is 4.11. The van der Waals surface area contributed by atoms with Crippen LogP contribution >= 0.6 is 57.4 Å². The van der Waals surface area contributed by atoms with Crippen LogP contribution in [0.25, 0.3) is 0 Å². The Hall–Kier alpha value is 0.160. The minimum atomic E-state index is 0.0403. The maximum Gasteiger partial charge on any atom is 0.263 e. The van der Waals surface area contributed by atoms with Crippen molar-refractivity contribution < 1.29 is 9.57 Å². The van der Waals surface area contributed by atoms with Crippen LogP contribution in [0.5, 0.6) is 0 Å². The first-order valence-electron chi connectivity index (χ1n) is 4.51. The van der Waals surface area contributed by atoms with Gasteiger partial charge >= 0.3 is 0 Å². The number of H-pyrrole nitrogens is 1. The van der Waals surface area contributed by atoms with Gasteiger partial charge in [-0.2, -0.15) is 0 Å². The highest BCUT2D eigenvalue weighted by atomic mass is 127. The third-order valence-electron chi connectivity index (χ3n) is 2.08. The van der Waals surface area contributed by atoms with Gasteiger partial charge < -0.3 is 9.57 Å². The highest BCUT2D eigenvalue weighted by molar-refractivity contribution is 14.1. The predicted octanol–water partition coefficient (Wildman–Crippen LogP) is 2.20. The normalized spacial score (nSPS) is 19.9. The van der Waals surface area contributed by atoms with Crippen LogP contribution in [0.1, 0.15) is 5.56 Å². The highest BCUT2D eigenvalue weighted by Gasteiger charge is 2.24. The van der Waals surface area contributed by atoms with Gasteiger partial charge in [0, 0.05) is 11.5 Å². The third-order valence-corrected chi connectivity index (χ3v) is 4.32. The average Bonchev–Trinajstić information content (AvgIpc) is 2.53. The van der Waals surface area contributed by atoms with E-state index >= 15 is 0 Å². The summed E-state index contributed by atoms with van der Waals surface area (Å²) in [5, 5.41) is 7.01. The quantitative estimate of drug-likeness (QED) is 0.414. The average molecular weight is 465 g/mol. The number of hydrogen-bond donors (Lipinski definition) is 1. The SMILES string of the molecule is Cn1[nH]c(I)c(C2=NOCC(CI)O2)c1=S. The number of rotatable bonds is 2. The number of aryl methyl sites for hydroxylation is 1. The minimum Gasteiger partial charge on any atom is -0.467 e. The fourth-order valence-corrected chi connectivity index (χ4v) is 2.97. The molecule has 1 atom stereocenters. The van der Waals surface area contributed by atoms with Crippen LogP contribution in [0.2, 0.25) is 0 Å². The number of nitrogens with zero attached hydrogens (tertiary/aromatic N) is 2. The number of hydrogen-bond acceptors (Lipinski definition) is 4. The zero-order chi connectivity index (χ0) is 11.7. The van der Waals surface area contributed by atoms with Gasteiger partial charge in [-0.3, -0.25) is 9.78 Å². The van der Waals surface area contributed by atoms with E-state index in [-0.39, 0.29) is 6.10 Å². The van der Waals surface area contributed by atoms with Gasteiger partial charge in [0.25, 0.3) is 5.90 Å². The van der Waals surface area contributed by atoms with Crippen LogP contribution in [0.3, 0.4) is 0 Å². The Morgan fingerprint density at radius 2 is 2.44 bits per heavy atom. The van der Waals surface area contributed by atoms with Crippen LogP contribution in [0.15, 0.2) is 5.16 Å². The van der Waals surface area contributed by atoms with Crippen molar-refractivity contribution in [3.05, 3.63) is 13.9 Å². The van der Waals surface area contributed by atoms with E-state index in [1.807, 2.05) is 7.05 Å². The summed E-state index contributed by atoms with van der Waals surface area (Å²) < 4.78 is 9.89. The van der Waals surface area contributed by atoms with Crippen LogP contribution in [0.4, 0.5) is 0 Å². The third kappa shape index (κ3) is 2.37. The van der Waals surface area contributed by atoms with E-state index in [0.29, 0.717) is 17.1 Å². The summed E-state index contributed by atoms with van der Waals surface area (Å²) in [6, 6.07) is 0. The summed E-state index contributed by atoms with van der Waals surface area (Å²) in [5.41, 5.74) is 0.799. The molecule has 1 aliphatic rings. The number of alkyl halides is 1. The molecule has 16 heavy (non-hydrogen) atoms. The largest absolute Gasteiger partial charge is 0.467 e. The van der Waals surface area contributed by atoms with Gasteiger partial charge in [-0.1, -0.05) is 34.8 Å². The Labute approximate surface area is 125 Å². The van der Waals surface area contributed by atoms with Gasteiger partial charge in [-0.05, 0) is 27.7 Å². The number of halogens is 2. The number of nitrogens with one attached hydrogen (secondary N) is 1. The lowest BCUT2D eigenvalue weighted by Gasteiger charge is -2.20. The van der Waals surface area contributed by atoms with Crippen LogP contribution in [-0.4, -0.2) is 32.8 Å². The smallest absolute Gasteiger partial charge is 0.263 e. The summed E-state index contributed by atoms with van der Waals surface area (Å²) in [6.07, 6.45) is 0.0403. The van der Waals surface area contributed by atoms with Gasteiger partial charge in [0.15, 0.2) is 6.61 Å². The first kappa shape index (κ1) is 12.6. The Morgan fingerprint density at radius 3 is 3.00 bits per heavy atom. The Balaban J connectivity index is 2.37. The van der Waals surface area contributed by atoms with Gasteiger partial charge in [0.1, 0.15) is 20.0 Å². The lowest BCUT2D eigenvalue weighted by Crippen LogP contribution is -2.29. The summed E-state index contributed by atoms with van der Waals surface area (Å²) in [4.78, 5) is 5.14. The van der Waals surface area contributed by atoms with Crippen molar-refractivity contribution in [3.63, 3.8) is 0 Å². The number of aromatic amines is 1. The van der Waals surface area contributed by atoms with E-state index in [0.717, 1.165) is 13.7 Å². The van der Waals surface area contributed by atoms with E-state index in [4.69, 9.17) is 21.8 Å². The molecule has 0 spiro atoms. The van der Waals surface area contributed by atoms with Crippen LogP contribution < -0.4 is 0 Å². The number of aromatic nitrogens is 2. The monoisotopic (exact) mass is 465 g/mol. The maximum absolute atomic E-state index is 5.71. The molecule has 1 unspecified atom stereocenters. The fraction of sp³-hybridized carbons (Fsp3) is 0.500. The molecule has 0 aromatic carbocycles. The highest BCUT2D eigenvalue weighted by Crippen LogP contribution is 2.18. The molecular weight excluding hydrogens is 456 g/mol. The number of ether oxygens (including phenoxy) is 1. The molecule has 88 valence electrons. The fourth-order valence-electron chi connectivity index (χ4n) is 1.27. The summed E-state index contributed by atoms with van der Waals surface area (Å²) >= 11 is 9.70. The van der Waals surface area contributed by atoms with Crippen molar-refractivity contribution in [2.24, 2.45) is 12.2 Å². The molecule has 0 saturated carbocycles. The Morgan fingerprint density at radius 1 is 1.69 bits per heavy atom. The topological polar surface area (TPSA) is 51.5 Å². The second kappa shape index (κ2) is 5.21. The standard InChI is InChI=1S/C8H9I2N3O2S/c1-13-8(16)5(6(10)11-13)7-12-14-3-4(2-9)15-7/h4,11H,2-3H2,1H3. The van der Waals surface area contributed by atoms with Gasteiger partial charge in [-0.25, -0.2) is 0 Å². The first-order chi connectivity index (χ1) is 7.63. The number of oxime groups is 1. The van der Waals surface area contributed by atoms with Crippen molar-refractivity contribution in [3.8, 4) is 0 Å². The molecule has 5 nitrogen and oxygen atoms in total. The van der Waals surface area contributed by atoms with E-state index in [9.17, 15) is 0 Å². The van der Waals surface area contributed by atoms with Crippen molar-refractivity contribution >= 4 is 63.3 Å². The van der Waals surface area contributed by atoms with Crippen molar-refractivity contribution in [1.29, 1.82) is 0 Å². The molecule has 0 fully saturated rings. The molecule has 0 aliphatic carbocycles. The van der Waals surface area contributed by atoms with E-state index in [1.54, 1.807) is 4.68 Å². The lowest BCUT2D eigenvalue weighted by molar-refractivity contribution is 0.0230. The van der Waals surface area contributed by atoms with E-state index < -0.39 is 0 Å². The molecule has 2 heterocycles. The van der Waals surface area contributed by atoms with Gasteiger partial charge in [0.05, 0.1) is 0 Å².